The fourth-order valence-corrected chi connectivity index (χ4v) is 5.34. The molecule has 0 radical (unpaired) electrons. The van der Waals surface area contributed by atoms with E-state index in [2.05, 4.69) is 42.5 Å². The molecule has 0 fully saturated rings. The van der Waals surface area contributed by atoms with Crippen molar-refractivity contribution in [3.05, 3.63) is 131 Å². The third-order valence-electron chi connectivity index (χ3n) is 6.98. The summed E-state index contributed by atoms with van der Waals surface area (Å²) >= 11 is 0. The van der Waals surface area contributed by atoms with E-state index in [1.54, 1.807) is 30.3 Å². The molecule has 3 N–H and O–H groups in total. The quantitative estimate of drug-likeness (QED) is 0.261. The Labute approximate surface area is 203 Å². The van der Waals surface area contributed by atoms with Crippen LogP contribution in [0.15, 0.2) is 109 Å². The van der Waals surface area contributed by atoms with Crippen molar-refractivity contribution in [2.45, 2.75) is 11.8 Å². The normalized spacial score (nSPS) is 15.3. The van der Waals surface area contributed by atoms with Gasteiger partial charge in [0.1, 0.15) is 17.2 Å². The Morgan fingerprint density at radius 1 is 0.629 bits per heavy atom. The summed E-state index contributed by atoms with van der Waals surface area (Å²) in [5.74, 6) is 0.454. The molecule has 2 unspecified atom stereocenters. The van der Waals surface area contributed by atoms with Gasteiger partial charge in [-0.15, -0.1) is 0 Å². The second-order valence-electron chi connectivity index (χ2n) is 9.07. The molecule has 2 atom stereocenters. The number of phenolic OH excluding ortho intramolecular Hbond substituents is 3. The highest BCUT2D eigenvalue weighted by molar-refractivity contribution is 5.90. The Balaban J connectivity index is 1.55. The largest absolute Gasteiger partial charge is 0.508 e. The molecule has 1 aliphatic carbocycles. The van der Waals surface area contributed by atoms with Crippen molar-refractivity contribution >= 4 is 16.8 Å². The van der Waals surface area contributed by atoms with E-state index in [4.69, 9.17) is 0 Å². The van der Waals surface area contributed by atoms with E-state index < -0.39 is 0 Å². The maximum Gasteiger partial charge on any atom is 0.120 e. The Morgan fingerprint density at radius 3 is 2.14 bits per heavy atom. The van der Waals surface area contributed by atoms with Crippen LogP contribution in [0.5, 0.6) is 17.2 Å². The number of hydrogen-bond acceptors (Lipinski definition) is 3. The lowest BCUT2D eigenvalue weighted by atomic mass is 9.76. The molecule has 170 valence electrons. The average Bonchev–Trinajstić information content (AvgIpc) is 3.29. The molecule has 5 aromatic carbocycles. The minimum Gasteiger partial charge on any atom is -0.508 e. The van der Waals surface area contributed by atoms with Crippen molar-refractivity contribution < 1.29 is 15.3 Å². The number of allylic oxidation sites excluding steroid dienone is 1. The molecule has 6 rings (SSSR count). The van der Waals surface area contributed by atoms with Gasteiger partial charge in [-0.05, 0) is 68.9 Å². The van der Waals surface area contributed by atoms with E-state index in [0.717, 1.165) is 44.2 Å². The molecule has 35 heavy (non-hydrogen) atoms. The summed E-state index contributed by atoms with van der Waals surface area (Å²) in [7, 11) is 0. The van der Waals surface area contributed by atoms with E-state index >= 15 is 0 Å². The summed E-state index contributed by atoms with van der Waals surface area (Å²) in [6.07, 6.45) is 4.19. The maximum atomic E-state index is 11.2. The van der Waals surface area contributed by atoms with Crippen LogP contribution in [0.2, 0.25) is 0 Å². The van der Waals surface area contributed by atoms with E-state index in [0.29, 0.717) is 0 Å². The Kier molecular flexibility index (Phi) is 5.04. The van der Waals surface area contributed by atoms with Crippen molar-refractivity contribution in [1.82, 2.24) is 0 Å². The van der Waals surface area contributed by atoms with Crippen LogP contribution >= 0.6 is 0 Å². The van der Waals surface area contributed by atoms with Crippen LogP contribution in [-0.4, -0.2) is 15.3 Å². The van der Waals surface area contributed by atoms with Crippen LogP contribution in [0.25, 0.3) is 28.0 Å². The first-order valence-electron chi connectivity index (χ1n) is 11.7. The molecule has 0 saturated heterocycles. The summed E-state index contributed by atoms with van der Waals surface area (Å²) in [6, 6.07) is 33.1. The van der Waals surface area contributed by atoms with Gasteiger partial charge in [0.05, 0.1) is 0 Å². The monoisotopic (exact) mass is 456 g/mol. The number of fused-ring (bicyclic) bond motifs is 2. The molecule has 0 bridgehead atoms. The minimum absolute atomic E-state index is 0.0292. The van der Waals surface area contributed by atoms with Crippen molar-refractivity contribution in [2.75, 3.05) is 0 Å². The lowest BCUT2D eigenvalue weighted by Gasteiger charge is -2.27. The van der Waals surface area contributed by atoms with Gasteiger partial charge < -0.3 is 15.3 Å². The predicted molar refractivity (Wildman–Crippen MR) is 141 cm³/mol. The number of rotatable bonds is 4. The fourth-order valence-electron chi connectivity index (χ4n) is 5.34. The first kappa shape index (κ1) is 21.1. The van der Waals surface area contributed by atoms with Gasteiger partial charge in [0, 0.05) is 17.4 Å². The van der Waals surface area contributed by atoms with Crippen molar-refractivity contribution in [2.24, 2.45) is 0 Å². The molecule has 0 amide bonds. The van der Waals surface area contributed by atoms with Gasteiger partial charge in [0.25, 0.3) is 0 Å². The molecule has 0 aliphatic heterocycles. The van der Waals surface area contributed by atoms with Gasteiger partial charge >= 0.3 is 0 Å². The fraction of sp³-hybridized carbons (Fsp3) is 0.0625. The van der Waals surface area contributed by atoms with E-state index in [1.165, 1.54) is 0 Å². The summed E-state index contributed by atoms with van der Waals surface area (Å²) in [4.78, 5) is 0. The van der Waals surface area contributed by atoms with Crippen LogP contribution in [0.3, 0.4) is 0 Å². The molecular weight excluding hydrogens is 432 g/mol. The van der Waals surface area contributed by atoms with Crippen LogP contribution in [-0.2, 0) is 0 Å². The second-order valence-corrected chi connectivity index (χ2v) is 9.07. The number of hydrogen-bond donors (Lipinski definition) is 3. The standard InChI is InChI=1S/C32H24O3/c33-25-12-15-27-23(18-25)10-14-29(27)31(22-8-6-21(7-9-22)20-4-2-1-3-5-20)32-28-16-13-26(34)19-24(28)11-17-30(32)35/h1-19,29,31,33-35H. The zero-order valence-electron chi connectivity index (χ0n) is 19.0. The van der Waals surface area contributed by atoms with Crippen molar-refractivity contribution in [3.8, 4) is 28.4 Å². The molecule has 0 heterocycles. The molecule has 0 aromatic heterocycles. The smallest absolute Gasteiger partial charge is 0.120 e. The summed E-state index contributed by atoms with van der Waals surface area (Å²) in [5.41, 5.74) is 6.28. The number of benzene rings is 5. The Hall–Kier alpha value is -4.50. The zero-order chi connectivity index (χ0) is 23.9. The summed E-state index contributed by atoms with van der Waals surface area (Å²) in [6.45, 7) is 0. The van der Waals surface area contributed by atoms with Gasteiger partial charge in [-0.1, -0.05) is 84.9 Å². The van der Waals surface area contributed by atoms with Crippen LogP contribution < -0.4 is 0 Å². The first-order valence-corrected chi connectivity index (χ1v) is 11.7. The van der Waals surface area contributed by atoms with Gasteiger partial charge in [0.15, 0.2) is 0 Å². The molecule has 3 heteroatoms. The Bertz CT molecular complexity index is 1570. The number of phenols is 3. The van der Waals surface area contributed by atoms with Gasteiger partial charge in [-0.3, -0.25) is 0 Å². The van der Waals surface area contributed by atoms with Gasteiger partial charge in [0.2, 0.25) is 0 Å². The van der Waals surface area contributed by atoms with Crippen LogP contribution in [0.4, 0.5) is 0 Å². The van der Waals surface area contributed by atoms with Crippen molar-refractivity contribution in [1.29, 1.82) is 0 Å². The SMILES string of the molecule is Oc1ccc2c(c1)C=CC2C(c1ccc(-c2ccccc2)cc1)c1c(O)ccc2cc(O)ccc12. The molecule has 5 aromatic rings. The zero-order valence-corrected chi connectivity index (χ0v) is 19.0. The summed E-state index contributed by atoms with van der Waals surface area (Å²) in [5, 5.41) is 33.0. The second kappa shape index (κ2) is 8.37. The summed E-state index contributed by atoms with van der Waals surface area (Å²) < 4.78 is 0. The highest BCUT2D eigenvalue weighted by Crippen LogP contribution is 2.49. The van der Waals surface area contributed by atoms with E-state index in [9.17, 15) is 15.3 Å². The van der Waals surface area contributed by atoms with Crippen molar-refractivity contribution in [3.63, 3.8) is 0 Å². The third-order valence-corrected chi connectivity index (χ3v) is 6.98. The molecule has 0 saturated carbocycles. The molecular formula is C32H24O3. The van der Waals surface area contributed by atoms with Crippen LogP contribution in [0, 0.1) is 0 Å². The number of aromatic hydroxyl groups is 3. The van der Waals surface area contributed by atoms with Gasteiger partial charge in [-0.25, -0.2) is 0 Å². The van der Waals surface area contributed by atoms with E-state index in [-0.39, 0.29) is 29.1 Å². The highest BCUT2D eigenvalue weighted by Gasteiger charge is 2.32. The van der Waals surface area contributed by atoms with E-state index in [1.807, 2.05) is 42.5 Å². The molecule has 3 nitrogen and oxygen atoms in total. The van der Waals surface area contributed by atoms with Gasteiger partial charge in [-0.2, -0.15) is 0 Å². The minimum atomic E-state index is -0.171. The highest BCUT2D eigenvalue weighted by atomic mass is 16.3. The maximum absolute atomic E-state index is 11.2. The molecule has 0 spiro atoms. The lowest BCUT2D eigenvalue weighted by Crippen LogP contribution is -2.11. The third kappa shape index (κ3) is 3.71. The van der Waals surface area contributed by atoms with Crippen LogP contribution in [0.1, 0.15) is 34.1 Å². The first-order chi connectivity index (χ1) is 17.1. The topological polar surface area (TPSA) is 60.7 Å². The molecule has 1 aliphatic rings. The lowest BCUT2D eigenvalue weighted by molar-refractivity contribution is 0.463. The average molecular weight is 457 g/mol. The predicted octanol–water partition coefficient (Wildman–Crippen LogP) is 7.57. The Morgan fingerprint density at radius 2 is 1.34 bits per heavy atom.